The summed E-state index contributed by atoms with van der Waals surface area (Å²) in [4.78, 5) is 26.3. The van der Waals surface area contributed by atoms with Crippen molar-refractivity contribution in [3.63, 3.8) is 0 Å². The molecule has 0 aliphatic carbocycles. The molecule has 0 unspecified atom stereocenters. The van der Waals surface area contributed by atoms with E-state index in [0.717, 1.165) is 25.0 Å². The molecule has 10 heteroatoms. The van der Waals surface area contributed by atoms with Gasteiger partial charge in [0, 0.05) is 18.7 Å². The number of nitrogens with one attached hydrogen (secondary N) is 2. The minimum absolute atomic E-state index is 0.111. The number of aromatic nitrogens is 2. The fourth-order valence-electron chi connectivity index (χ4n) is 2.62. The summed E-state index contributed by atoms with van der Waals surface area (Å²) in [6.45, 7) is 1.29. The van der Waals surface area contributed by atoms with Gasteiger partial charge < -0.3 is 15.0 Å². The van der Waals surface area contributed by atoms with E-state index in [-0.39, 0.29) is 22.9 Å². The van der Waals surface area contributed by atoms with Crippen LogP contribution in [-0.2, 0) is 0 Å². The highest BCUT2D eigenvalue weighted by Gasteiger charge is 2.31. The van der Waals surface area contributed by atoms with Crippen molar-refractivity contribution >= 4 is 17.5 Å². The summed E-state index contributed by atoms with van der Waals surface area (Å²) in [6, 6.07) is 4.46. The lowest BCUT2D eigenvalue weighted by molar-refractivity contribution is -0.274. The molecule has 1 aromatic carbocycles. The Morgan fingerprint density at radius 3 is 2.42 bits per heavy atom. The molecule has 1 aliphatic heterocycles. The first-order valence-corrected chi connectivity index (χ1v) is 7.83. The maximum absolute atomic E-state index is 12.4. The van der Waals surface area contributed by atoms with Gasteiger partial charge in [0.15, 0.2) is 0 Å². The Labute approximate surface area is 146 Å². The van der Waals surface area contributed by atoms with Crippen LogP contribution in [0.1, 0.15) is 33.7 Å². The van der Waals surface area contributed by atoms with Gasteiger partial charge in [0.25, 0.3) is 11.8 Å². The number of alkyl halides is 3. The highest BCUT2D eigenvalue weighted by molar-refractivity contribution is 6.08. The molecule has 1 aromatic heterocycles. The van der Waals surface area contributed by atoms with Gasteiger partial charge in [0.05, 0.1) is 11.9 Å². The van der Waals surface area contributed by atoms with Crippen LogP contribution in [0.4, 0.5) is 18.9 Å². The number of benzene rings is 1. The molecule has 0 atom stereocenters. The summed E-state index contributed by atoms with van der Waals surface area (Å²) in [7, 11) is 0. The Balaban J connectivity index is 1.69. The normalized spacial score (nSPS) is 14.3. The van der Waals surface area contributed by atoms with Crippen molar-refractivity contribution in [2.75, 3.05) is 18.4 Å². The highest BCUT2D eigenvalue weighted by Crippen LogP contribution is 2.23. The van der Waals surface area contributed by atoms with Crippen LogP contribution in [0.5, 0.6) is 5.75 Å². The van der Waals surface area contributed by atoms with Gasteiger partial charge in [-0.2, -0.15) is 5.10 Å². The van der Waals surface area contributed by atoms with Crippen molar-refractivity contribution in [2.45, 2.75) is 19.2 Å². The molecule has 1 aliphatic rings. The monoisotopic (exact) mass is 368 g/mol. The number of amides is 2. The summed E-state index contributed by atoms with van der Waals surface area (Å²) >= 11 is 0. The number of H-pyrrole nitrogens is 1. The average Bonchev–Trinajstić information content (AvgIpc) is 3.25. The minimum atomic E-state index is -4.80. The number of anilines is 1. The van der Waals surface area contributed by atoms with Crippen molar-refractivity contribution in [1.29, 1.82) is 0 Å². The van der Waals surface area contributed by atoms with E-state index in [0.29, 0.717) is 13.1 Å². The maximum atomic E-state index is 12.4. The van der Waals surface area contributed by atoms with Gasteiger partial charge in [0.2, 0.25) is 0 Å². The first kappa shape index (κ1) is 17.8. The van der Waals surface area contributed by atoms with Crippen LogP contribution in [0.25, 0.3) is 0 Å². The van der Waals surface area contributed by atoms with Gasteiger partial charge in [-0.3, -0.25) is 14.7 Å². The number of likely N-dealkylation sites (tertiary alicyclic amines) is 1. The quantitative estimate of drug-likeness (QED) is 0.869. The summed E-state index contributed by atoms with van der Waals surface area (Å²) < 4.78 is 40.2. The fraction of sp³-hybridized carbons (Fsp3) is 0.312. The van der Waals surface area contributed by atoms with Gasteiger partial charge in [-0.1, -0.05) is 0 Å². The van der Waals surface area contributed by atoms with E-state index in [1.807, 2.05) is 0 Å². The molecule has 0 bridgehead atoms. The molecule has 2 aromatic rings. The van der Waals surface area contributed by atoms with Crippen LogP contribution in [0.3, 0.4) is 0 Å². The molecule has 1 saturated heterocycles. The van der Waals surface area contributed by atoms with Crippen molar-refractivity contribution < 1.29 is 27.5 Å². The Morgan fingerprint density at radius 1 is 1.15 bits per heavy atom. The molecule has 0 spiro atoms. The SMILES string of the molecule is O=C(Nc1cn[nH]c1C(=O)N1CCCC1)c1ccc(OC(F)(F)F)cc1. The molecule has 2 heterocycles. The predicted molar refractivity (Wildman–Crippen MR) is 84.8 cm³/mol. The average molecular weight is 368 g/mol. The topological polar surface area (TPSA) is 87.3 Å². The number of carbonyl (C=O) groups excluding carboxylic acids is 2. The van der Waals surface area contributed by atoms with E-state index < -0.39 is 18.0 Å². The van der Waals surface area contributed by atoms with Gasteiger partial charge in [-0.25, -0.2) is 0 Å². The largest absolute Gasteiger partial charge is 0.573 e. The van der Waals surface area contributed by atoms with E-state index in [9.17, 15) is 22.8 Å². The third-order valence-corrected chi connectivity index (χ3v) is 3.84. The number of carbonyl (C=O) groups is 2. The van der Waals surface area contributed by atoms with Crippen molar-refractivity contribution in [1.82, 2.24) is 15.1 Å². The summed E-state index contributed by atoms with van der Waals surface area (Å²) in [5.41, 5.74) is 0.486. The number of ether oxygens (including phenoxy) is 1. The molecule has 1 fully saturated rings. The Bertz CT molecular complexity index is 796. The van der Waals surface area contributed by atoms with E-state index in [4.69, 9.17) is 0 Å². The maximum Gasteiger partial charge on any atom is 0.573 e. The van der Waals surface area contributed by atoms with Gasteiger partial charge in [0.1, 0.15) is 11.4 Å². The number of aromatic amines is 1. The third kappa shape index (κ3) is 4.13. The molecule has 26 heavy (non-hydrogen) atoms. The van der Waals surface area contributed by atoms with Crippen LogP contribution in [-0.4, -0.2) is 46.4 Å². The van der Waals surface area contributed by atoms with E-state index in [2.05, 4.69) is 20.3 Å². The highest BCUT2D eigenvalue weighted by atomic mass is 19.4. The van der Waals surface area contributed by atoms with Crippen LogP contribution in [0.2, 0.25) is 0 Å². The molecule has 0 saturated carbocycles. The molecule has 138 valence electrons. The smallest absolute Gasteiger partial charge is 0.406 e. The van der Waals surface area contributed by atoms with Crippen molar-refractivity contribution in [3.8, 4) is 5.75 Å². The van der Waals surface area contributed by atoms with E-state index in [1.165, 1.54) is 18.3 Å². The van der Waals surface area contributed by atoms with E-state index >= 15 is 0 Å². The fourth-order valence-corrected chi connectivity index (χ4v) is 2.62. The zero-order valence-corrected chi connectivity index (χ0v) is 13.5. The Kier molecular flexibility index (Phi) is 4.83. The second kappa shape index (κ2) is 7.06. The van der Waals surface area contributed by atoms with Crippen LogP contribution < -0.4 is 10.1 Å². The summed E-state index contributed by atoms with van der Waals surface area (Å²) in [6.07, 6.45) is -1.64. The molecule has 7 nitrogen and oxygen atoms in total. The second-order valence-corrected chi connectivity index (χ2v) is 5.68. The van der Waals surface area contributed by atoms with Crippen LogP contribution in [0.15, 0.2) is 30.5 Å². The second-order valence-electron chi connectivity index (χ2n) is 5.68. The lowest BCUT2D eigenvalue weighted by Crippen LogP contribution is -2.29. The summed E-state index contributed by atoms with van der Waals surface area (Å²) in [5.74, 6) is -1.27. The van der Waals surface area contributed by atoms with Gasteiger partial charge >= 0.3 is 6.36 Å². The number of nitrogens with zero attached hydrogens (tertiary/aromatic N) is 2. The molecule has 2 N–H and O–H groups in total. The Morgan fingerprint density at radius 2 is 1.81 bits per heavy atom. The minimum Gasteiger partial charge on any atom is -0.406 e. The van der Waals surface area contributed by atoms with E-state index in [1.54, 1.807) is 4.90 Å². The molecule has 2 amide bonds. The number of halogens is 3. The zero-order valence-electron chi connectivity index (χ0n) is 13.5. The van der Waals surface area contributed by atoms with Gasteiger partial charge in [-0.15, -0.1) is 13.2 Å². The van der Waals surface area contributed by atoms with Crippen LogP contribution in [0, 0.1) is 0 Å². The summed E-state index contributed by atoms with van der Waals surface area (Å²) in [5, 5.41) is 8.89. The predicted octanol–water partition coefficient (Wildman–Crippen LogP) is 2.80. The molecular weight excluding hydrogens is 353 g/mol. The van der Waals surface area contributed by atoms with Crippen molar-refractivity contribution in [2.24, 2.45) is 0 Å². The first-order chi connectivity index (χ1) is 12.3. The number of rotatable bonds is 4. The first-order valence-electron chi connectivity index (χ1n) is 7.83. The molecular formula is C16H15F3N4O3. The standard InChI is InChI=1S/C16H15F3N4O3/c17-16(18,19)26-11-5-3-10(4-6-11)14(24)21-12-9-20-22-13(12)15(25)23-7-1-2-8-23/h3-6,9H,1-2,7-8H2,(H,20,22)(H,21,24). The van der Waals surface area contributed by atoms with Gasteiger partial charge in [-0.05, 0) is 37.1 Å². The van der Waals surface area contributed by atoms with Crippen molar-refractivity contribution in [3.05, 3.63) is 41.7 Å². The zero-order chi connectivity index (χ0) is 18.7. The Hall–Kier alpha value is -3.04. The molecule has 3 rings (SSSR count). The lowest BCUT2D eigenvalue weighted by Gasteiger charge is -2.15. The number of hydrogen-bond acceptors (Lipinski definition) is 4. The van der Waals surface area contributed by atoms with Crippen LogP contribution >= 0.6 is 0 Å². The number of hydrogen-bond donors (Lipinski definition) is 2. The third-order valence-electron chi connectivity index (χ3n) is 3.84. The lowest BCUT2D eigenvalue weighted by atomic mass is 10.2. The molecule has 0 radical (unpaired) electrons.